The molecule has 3 rings (SSSR count). The lowest BCUT2D eigenvalue weighted by atomic mass is 9.79. The number of halogens is 1. The third kappa shape index (κ3) is 4.31. The van der Waals surface area contributed by atoms with Crippen molar-refractivity contribution in [2.75, 3.05) is 13.1 Å². The Bertz CT molecular complexity index is 628. The first-order valence-electron chi connectivity index (χ1n) is 8.02. The molecule has 1 atom stereocenters. The van der Waals surface area contributed by atoms with Crippen molar-refractivity contribution >= 4 is 12.4 Å². The van der Waals surface area contributed by atoms with Crippen molar-refractivity contribution in [1.82, 2.24) is 9.88 Å². The van der Waals surface area contributed by atoms with Crippen LogP contribution in [0, 0.1) is 5.41 Å². The molecule has 1 aliphatic heterocycles. The highest BCUT2D eigenvalue weighted by Gasteiger charge is 2.33. The van der Waals surface area contributed by atoms with Crippen LogP contribution in [0.4, 0.5) is 0 Å². The standard InChI is InChI=1S/C19H25N3.ClH/c1-19(2)14-22(11-8-18(19)20)13-15-4-3-5-17(12-15)16-6-9-21-10-7-16;/h3-7,9-10,12,18H,8,11,13-14,20H2,1-2H3;1H. The molecule has 1 aromatic carbocycles. The first-order valence-corrected chi connectivity index (χ1v) is 8.02. The van der Waals surface area contributed by atoms with E-state index >= 15 is 0 Å². The summed E-state index contributed by atoms with van der Waals surface area (Å²) in [5.41, 5.74) is 10.3. The quantitative estimate of drug-likeness (QED) is 0.931. The molecular weight excluding hydrogens is 306 g/mol. The van der Waals surface area contributed by atoms with Crippen molar-refractivity contribution in [3.05, 3.63) is 54.4 Å². The summed E-state index contributed by atoms with van der Waals surface area (Å²) in [4.78, 5) is 6.61. The van der Waals surface area contributed by atoms with Gasteiger partial charge >= 0.3 is 0 Å². The SMILES string of the molecule is CC1(C)CN(Cc2cccc(-c3ccncc3)c2)CCC1N.Cl. The first kappa shape index (κ1) is 17.9. The number of aromatic nitrogens is 1. The van der Waals surface area contributed by atoms with Gasteiger partial charge in [0.25, 0.3) is 0 Å². The Hall–Kier alpha value is -1.42. The number of rotatable bonds is 3. The van der Waals surface area contributed by atoms with Gasteiger partial charge in [-0.2, -0.15) is 0 Å². The predicted octanol–water partition coefficient (Wildman–Crippen LogP) is 3.73. The normalized spacial score (nSPS) is 20.7. The van der Waals surface area contributed by atoms with E-state index in [4.69, 9.17) is 5.73 Å². The maximum Gasteiger partial charge on any atom is 0.0273 e. The Morgan fingerprint density at radius 1 is 1.17 bits per heavy atom. The van der Waals surface area contributed by atoms with E-state index in [1.165, 1.54) is 16.7 Å². The topological polar surface area (TPSA) is 42.2 Å². The minimum absolute atomic E-state index is 0. The molecule has 1 aromatic heterocycles. The molecule has 23 heavy (non-hydrogen) atoms. The number of benzene rings is 1. The van der Waals surface area contributed by atoms with Gasteiger partial charge in [-0.05, 0) is 46.7 Å². The summed E-state index contributed by atoms with van der Waals surface area (Å²) in [7, 11) is 0. The van der Waals surface area contributed by atoms with Gasteiger partial charge in [-0.3, -0.25) is 9.88 Å². The van der Waals surface area contributed by atoms with Gasteiger partial charge in [0, 0.05) is 38.1 Å². The summed E-state index contributed by atoms with van der Waals surface area (Å²) in [6.07, 6.45) is 4.77. The fourth-order valence-electron chi connectivity index (χ4n) is 3.27. The van der Waals surface area contributed by atoms with Crippen LogP contribution in [0.5, 0.6) is 0 Å². The molecule has 0 saturated carbocycles. The maximum atomic E-state index is 6.24. The third-order valence-corrected chi connectivity index (χ3v) is 4.74. The van der Waals surface area contributed by atoms with Gasteiger partial charge in [0.2, 0.25) is 0 Å². The van der Waals surface area contributed by atoms with Crippen LogP contribution in [0.2, 0.25) is 0 Å². The van der Waals surface area contributed by atoms with Crippen LogP contribution < -0.4 is 5.73 Å². The fraction of sp³-hybridized carbons (Fsp3) is 0.421. The van der Waals surface area contributed by atoms with Crippen molar-refractivity contribution in [2.24, 2.45) is 11.1 Å². The fourth-order valence-corrected chi connectivity index (χ4v) is 3.27. The molecule has 1 unspecified atom stereocenters. The van der Waals surface area contributed by atoms with Gasteiger partial charge in [-0.25, -0.2) is 0 Å². The average Bonchev–Trinajstić information content (AvgIpc) is 2.52. The van der Waals surface area contributed by atoms with E-state index in [1.54, 1.807) is 0 Å². The molecule has 124 valence electrons. The second-order valence-electron chi connectivity index (χ2n) is 7.03. The van der Waals surface area contributed by atoms with E-state index in [0.717, 1.165) is 26.1 Å². The highest BCUT2D eigenvalue weighted by Crippen LogP contribution is 2.29. The second kappa shape index (κ2) is 7.43. The van der Waals surface area contributed by atoms with Crippen molar-refractivity contribution < 1.29 is 0 Å². The van der Waals surface area contributed by atoms with Crippen molar-refractivity contribution in [2.45, 2.75) is 32.9 Å². The molecular formula is C19H26ClN3. The molecule has 3 nitrogen and oxygen atoms in total. The Balaban J connectivity index is 0.00000192. The molecule has 0 aliphatic carbocycles. The second-order valence-corrected chi connectivity index (χ2v) is 7.03. The molecule has 4 heteroatoms. The largest absolute Gasteiger partial charge is 0.327 e. The monoisotopic (exact) mass is 331 g/mol. The summed E-state index contributed by atoms with van der Waals surface area (Å²) in [5, 5.41) is 0. The van der Waals surface area contributed by atoms with Crippen LogP contribution in [0.3, 0.4) is 0 Å². The zero-order chi connectivity index (χ0) is 15.6. The van der Waals surface area contributed by atoms with E-state index < -0.39 is 0 Å². The van der Waals surface area contributed by atoms with E-state index in [9.17, 15) is 0 Å². The predicted molar refractivity (Wildman–Crippen MR) is 98.6 cm³/mol. The zero-order valence-corrected chi connectivity index (χ0v) is 14.7. The van der Waals surface area contributed by atoms with Gasteiger partial charge in [0.15, 0.2) is 0 Å². The Kier molecular flexibility index (Phi) is 5.79. The van der Waals surface area contributed by atoms with Gasteiger partial charge in [0.05, 0.1) is 0 Å². The van der Waals surface area contributed by atoms with Crippen LogP contribution in [0.1, 0.15) is 25.8 Å². The molecule has 0 radical (unpaired) electrons. The number of pyridine rings is 1. The Labute approximate surface area is 145 Å². The lowest BCUT2D eigenvalue weighted by molar-refractivity contribution is 0.0899. The van der Waals surface area contributed by atoms with Crippen molar-refractivity contribution in [1.29, 1.82) is 0 Å². The molecule has 0 amide bonds. The lowest BCUT2D eigenvalue weighted by Crippen LogP contribution is -2.52. The van der Waals surface area contributed by atoms with E-state index in [-0.39, 0.29) is 17.8 Å². The molecule has 2 N–H and O–H groups in total. The zero-order valence-electron chi connectivity index (χ0n) is 13.9. The molecule has 2 aromatic rings. The first-order chi connectivity index (χ1) is 10.5. The summed E-state index contributed by atoms with van der Waals surface area (Å²) in [6.45, 7) is 7.70. The number of hydrogen-bond donors (Lipinski definition) is 1. The molecule has 1 fully saturated rings. The summed E-state index contributed by atoms with van der Waals surface area (Å²) < 4.78 is 0. The van der Waals surface area contributed by atoms with E-state index in [1.807, 2.05) is 12.4 Å². The van der Waals surface area contributed by atoms with Crippen molar-refractivity contribution in [3.8, 4) is 11.1 Å². The van der Waals surface area contributed by atoms with Gasteiger partial charge in [0.1, 0.15) is 0 Å². The summed E-state index contributed by atoms with van der Waals surface area (Å²) >= 11 is 0. The minimum Gasteiger partial charge on any atom is -0.327 e. The Morgan fingerprint density at radius 3 is 2.61 bits per heavy atom. The maximum absolute atomic E-state index is 6.24. The van der Waals surface area contributed by atoms with Gasteiger partial charge in [-0.1, -0.05) is 32.0 Å². The van der Waals surface area contributed by atoms with Crippen molar-refractivity contribution in [3.63, 3.8) is 0 Å². The summed E-state index contributed by atoms with van der Waals surface area (Å²) in [5.74, 6) is 0. The van der Waals surface area contributed by atoms with Crippen LogP contribution in [0.25, 0.3) is 11.1 Å². The number of likely N-dealkylation sites (tertiary alicyclic amines) is 1. The van der Waals surface area contributed by atoms with Crippen LogP contribution in [-0.4, -0.2) is 29.0 Å². The molecule has 1 saturated heterocycles. The van der Waals surface area contributed by atoms with E-state index in [0.29, 0.717) is 6.04 Å². The van der Waals surface area contributed by atoms with Gasteiger partial charge in [-0.15, -0.1) is 12.4 Å². The Morgan fingerprint density at radius 2 is 1.91 bits per heavy atom. The number of nitrogens with zero attached hydrogens (tertiary/aromatic N) is 2. The third-order valence-electron chi connectivity index (χ3n) is 4.74. The highest BCUT2D eigenvalue weighted by molar-refractivity contribution is 5.85. The average molecular weight is 332 g/mol. The van der Waals surface area contributed by atoms with Crippen LogP contribution >= 0.6 is 12.4 Å². The molecule has 2 heterocycles. The lowest BCUT2D eigenvalue weighted by Gasteiger charge is -2.42. The van der Waals surface area contributed by atoms with Crippen LogP contribution in [0.15, 0.2) is 48.8 Å². The number of piperidine rings is 1. The molecule has 1 aliphatic rings. The van der Waals surface area contributed by atoms with E-state index in [2.05, 4.69) is 60.1 Å². The number of hydrogen-bond acceptors (Lipinski definition) is 3. The number of nitrogens with two attached hydrogens (primary N) is 1. The smallest absolute Gasteiger partial charge is 0.0273 e. The molecule has 0 bridgehead atoms. The minimum atomic E-state index is 0. The molecule has 0 spiro atoms. The van der Waals surface area contributed by atoms with Gasteiger partial charge < -0.3 is 5.73 Å². The van der Waals surface area contributed by atoms with Crippen LogP contribution in [-0.2, 0) is 6.54 Å². The highest BCUT2D eigenvalue weighted by atomic mass is 35.5. The summed E-state index contributed by atoms with van der Waals surface area (Å²) in [6, 6.07) is 13.2.